The molecule has 1 aromatic rings. The van der Waals surface area contributed by atoms with Gasteiger partial charge in [0.15, 0.2) is 9.84 Å². The minimum Gasteiger partial charge on any atom is -0.309 e. The molecule has 0 radical (unpaired) electrons. The Hall–Kier alpha value is -0.990. The summed E-state index contributed by atoms with van der Waals surface area (Å²) in [7, 11) is -2.79. The molecule has 1 aliphatic heterocycles. The highest BCUT2D eigenvalue weighted by Gasteiger charge is 2.21. The zero-order valence-corrected chi connectivity index (χ0v) is 12.9. The fourth-order valence-electron chi connectivity index (χ4n) is 2.06. The Morgan fingerprint density at radius 1 is 1.30 bits per heavy atom. The second-order valence-electron chi connectivity index (χ2n) is 5.50. The molecule has 0 spiro atoms. The molecule has 2 rings (SSSR count). The van der Waals surface area contributed by atoms with Crippen molar-refractivity contribution in [2.75, 3.05) is 31.1 Å². The van der Waals surface area contributed by atoms with Crippen molar-refractivity contribution in [3.63, 3.8) is 0 Å². The van der Waals surface area contributed by atoms with Crippen LogP contribution in [0.5, 0.6) is 0 Å². The van der Waals surface area contributed by atoms with Gasteiger partial charge >= 0.3 is 0 Å². The topological polar surface area (TPSA) is 80.1 Å². The van der Waals surface area contributed by atoms with E-state index >= 15 is 0 Å². The molecule has 1 saturated heterocycles. The average molecular weight is 301 g/mol. The monoisotopic (exact) mass is 301 g/mol. The molecule has 1 aliphatic rings. The molecule has 0 amide bonds. The summed E-state index contributed by atoms with van der Waals surface area (Å²) >= 11 is 0. The molecular formula is C12H23N5O2S. The van der Waals surface area contributed by atoms with Gasteiger partial charge in [-0.15, -0.1) is 5.10 Å². The molecule has 0 aliphatic carbocycles. The van der Waals surface area contributed by atoms with Crippen molar-refractivity contribution in [1.82, 2.24) is 25.2 Å². The summed E-state index contributed by atoms with van der Waals surface area (Å²) in [6.07, 6.45) is 1.94. The van der Waals surface area contributed by atoms with Gasteiger partial charge in [0.25, 0.3) is 0 Å². The zero-order chi connectivity index (χ0) is 14.6. The molecular weight excluding hydrogens is 278 g/mol. The lowest BCUT2D eigenvalue weighted by Crippen LogP contribution is -2.41. The number of hydrogen-bond acceptors (Lipinski definition) is 6. The van der Waals surface area contributed by atoms with E-state index in [0.29, 0.717) is 19.1 Å². The third-order valence-corrected chi connectivity index (χ3v) is 4.97. The lowest BCUT2D eigenvalue weighted by molar-refractivity contribution is 0.277. The molecule has 20 heavy (non-hydrogen) atoms. The van der Waals surface area contributed by atoms with E-state index in [-0.39, 0.29) is 11.5 Å². The first kappa shape index (κ1) is 15.4. The van der Waals surface area contributed by atoms with Crippen LogP contribution in [-0.4, -0.2) is 65.5 Å². The Labute approximate surface area is 120 Å². The Morgan fingerprint density at radius 2 is 2.00 bits per heavy atom. The Kier molecular flexibility index (Phi) is 5.11. The molecule has 2 heterocycles. The fourth-order valence-corrected chi connectivity index (χ4v) is 3.33. The molecule has 114 valence electrons. The van der Waals surface area contributed by atoms with E-state index in [0.717, 1.165) is 25.3 Å². The van der Waals surface area contributed by atoms with Crippen molar-refractivity contribution in [2.45, 2.75) is 33.0 Å². The van der Waals surface area contributed by atoms with Crippen LogP contribution in [0.3, 0.4) is 0 Å². The van der Waals surface area contributed by atoms with Crippen LogP contribution in [0, 0.1) is 0 Å². The number of rotatable bonds is 6. The van der Waals surface area contributed by atoms with Gasteiger partial charge < -0.3 is 5.32 Å². The van der Waals surface area contributed by atoms with E-state index in [9.17, 15) is 8.42 Å². The second-order valence-corrected chi connectivity index (χ2v) is 7.81. The zero-order valence-electron chi connectivity index (χ0n) is 12.1. The van der Waals surface area contributed by atoms with Gasteiger partial charge in [-0.1, -0.05) is 19.1 Å². The van der Waals surface area contributed by atoms with Crippen molar-refractivity contribution >= 4 is 9.84 Å². The molecule has 7 nitrogen and oxygen atoms in total. The van der Waals surface area contributed by atoms with Crippen molar-refractivity contribution in [3.8, 4) is 0 Å². The summed E-state index contributed by atoms with van der Waals surface area (Å²) in [5.74, 6) is 0.543. The third-order valence-electron chi connectivity index (χ3n) is 3.36. The summed E-state index contributed by atoms with van der Waals surface area (Å²) in [5.41, 5.74) is 0.930. The second kappa shape index (κ2) is 6.64. The van der Waals surface area contributed by atoms with Crippen LogP contribution in [0.2, 0.25) is 0 Å². The number of nitrogens with one attached hydrogen (secondary N) is 1. The quantitative estimate of drug-likeness (QED) is 0.763. The number of sulfone groups is 1. The van der Waals surface area contributed by atoms with Crippen molar-refractivity contribution in [2.24, 2.45) is 0 Å². The van der Waals surface area contributed by atoms with Gasteiger partial charge in [-0.05, 0) is 0 Å². The van der Waals surface area contributed by atoms with Gasteiger partial charge in [-0.3, -0.25) is 9.58 Å². The van der Waals surface area contributed by atoms with Crippen LogP contribution in [-0.2, 0) is 22.9 Å². The van der Waals surface area contributed by atoms with Crippen LogP contribution in [0.15, 0.2) is 6.20 Å². The SMILES string of the molecule is CC(C)NCc1cn(CCN2CCS(=O)(=O)CC2)nn1. The van der Waals surface area contributed by atoms with Crippen molar-refractivity contribution < 1.29 is 8.42 Å². The summed E-state index contributed by atoms with van der Waals surface area (Å²) in [5, 5.41) is 11.5. The van der Waals surface area contributed by atoms with Gasteiger partial charge in [-0.2, -0.15) is 0 Å². The highest BCUT2D eigenvalue weighted by atomic mass is 32.2. The molecule has 0 bridgehead atoms. The van der Waals surface area contributed by atoms with Gasteiger partial charge in [-0.25, -0.2) is 8.42 Å². The first-order valence-corrected chi connectivity index (χ1v) is 8.82. The third kappa shape index (κ3) is 4.84. The van der Waals surface area contributed by atoms with E-state index in [1.54, 1.807) is 0 Å². The maximum absolute atomic E-state index is 11.3. The lowest BCUT2D eigenvalue weighted by Gasteiger charge is -2.26. The van der Waals surface area contributed by atoms with Crippen LogP contribution in [0.25, 0.3) is 0 Å². The summed E-state index contributed by atoms with van der Waals surface area (Å²) in [4.78, 5) is 2.16. The lowest BCUT2D eigenvalue weighted by atomic mass is 10.3. The highest BCUT2D eigenvalue weighted by Crippen LogP contribution is 2.04. The fraction of sp³-hybridized carbons (Fsp3) is 0.833. The molecule has 1 aromatic heterocycles. The number of hydrogen-bond donors (Lipinski definition) is 1. The van der Waals surface area contributed by atoms with Crippen molar-refractivity contribution in [3.05, 3.63) is 11.9 Å². The minimum atomic E-state index is -2.79. The van der Waals surface area contributed by atoms with Crippen LogP contribution in [0.4, 0.5) is 0 Å². The van der Waals surface area contributed by atoms with E-state index in [2.05, 4.69) is 34.4 Å². The molecule has 8 heteroatoms. The van der Waals surface area contributed by atoms with Crippen LogP contribution < -0.4 is 5.32 Å². The van der Waals surface area contributed by atoms with Gasteiger partial charge in [0.2, 0.25) is 0 Å². The Morgan fingerprint density at radius 3 is 2.65 bits per heavy atom. The molecule has 1 fully saturated rings. The molecule has 0 unspecified atom stereocenters. The van der Waals surface area contributed by atoms with E-state index in [1.165, 1.54) is 0 Å². The normalized spacial score (nSPS) is 19.6. The molecule has 1 N–H and O–H groups in total. The van der Waals surface area contributed by atoms with Gasteiger partial charge in [0, 0.05) is 38.4 Å². The van der Waals surface area contributed by atoms with Crippen molar-refractivity contribution in [1.29, 1.82) is 0 Å². The van der Waals surface area contributed by atoms with E-state index in [4.69, 9.17) is 0 Å². The predicted octanol–water partition coefficient (Wildman–Crippen LogP) is -0.493. The predicted molar refractivity (Wildman–Crippen MR) is 77.1 cm³/mol. The van der Waals surface area contributed by atoms with Crippen LogP contribution >= 0.6 is 0 Å². The maximum atomic E-state index is 11.3. The van der Waals surface area contributed by atoms with E-state index < -0.39 is 9.84 Å². The van der Waals surface area contributed by atoms with E-state index in [1.807, 2.05) is 10.9 Å². The number of nitrogens with zero attached hydrogens (tertiary/aromatic N) is 4. The molecule has 0 saturated carbocycles. The molecule has 0 atom stereocenters. The first-order chi connectivity index (χ1) is 9.44. The Bertz CT molecular complexity index is 512. The summed E-state index contributed by atoms with van der Waals surface area (Å²) < 4.78 is 24.5. The minimum absolute atomic E-state index is 0.272. The average Bonchev–Trinajstić information content (AvgIpc) is 2.83. The standard InChI is InChI=1S/C12H23N5O2S/c1-11(2)13-9-12-10-17(15-14-12)4-3-16-5-7-20(18,19)8-6-16/h10-11,13H,3-9H2,1-2H3. The Balaban J connectivity index is 1.74. The smallest absolute Gasteiger partial charge is 0.152 e. The first-order valence-electron chi connectivity index (χ1n) is 7.00. The summed E-state index contributed by atoms with van der Waals surface area (Å²) in [6.45, 7) is 7.71. The van der Waals surface area contributed by atoms with Gasteiger partial charge in [0.05, 0.1) is 23.7 Å². The summed E-state index contributed by atoms with van der Waals surface area (Å²) in [6, 6.07) is 0.426. The molecule has 0 aromatic carbocycles. The highest BCUT2D eigenvalue weighted by molar-refractivity contribution is 7.91. The van der Waals surface area contributed by atoms with Crippen LogP contribution in [0.1, 0.15) is 19.5 Å². The van der Waals surface area contributed by atoms with Gasteiger partial charge in [0.1, 0.15) is 0 Å². The largest absolute Gasteiger partial charge is 0.309 e. The maximum Gasteiger partial charge on any atom is 0.152 e. The number of aromatic nitrogens is 3.